The average molecular weight is 1260 g/mol. The molecule has 0 fully saturated rings. The summed E-state index contributed by atoms with van der Waals surface area (Å²) < 4.78 is 3.46. The Hall–Kier alpha value is -9.52. The summed E-state index contributed by atoms with van der Waals surface area (Å²) in [4.78, 5) is 10.4. The van der Waals surface area contributed by atoms with Crippen molar-refractivity contribution in [1.82, 2.24) is 0 Å². The summed E-state index contributed by atoms with van der Waals surface area (Å²) in [6.45, 7) is 13.4. The zero-order valence-electron chi connectivity index (χ0n) is 53.2. The van der Waals surface area contributed by atoms with E-state index in [2.05, 4.69) is 251 Å². The smallest absolute Gasteiger partial charge is 0.872 e. The molecule has 0 bridgehead atoms. The van der Waals surface area contributed by atoms with Crippen LogP contribution in [0.4, 0.5) is 0 Å². The standard InChI is InChI=1S/C32H23NOS.C28H21NOS.C22H17NOS.3Be/c1-32(2)26-13-6-5-11-23(26)24-18-29(34)25(17-27(24)32)31-33-28-15-14-20(16-30(28)35-31)22-12-7-9-19-8-3-4-10-21(19)22;1-28(2)22-11-7-6-10-19(22)20-16-25(30)21(15-23(20)28)27-29-24-13-12-18(14-26(24)31-27)17-8-4-3-5-9-17;1-22(2)16-8-4-3-7-13(16)14-11-15(19(24)12-17(14)22)21-23-18-9-5-6-10-20(18)25-21;;;/h3-18,34H,1-2H3;3-16,30H,1-2H3;3-12,24H,1-2H3;;;/q;;;3*+2. The van der Waals surface area contributed by atoms with E-state index in [1.54, 1.807) is 34.0 Å². The van der Waals surface area contributed by atoms with Gasteiger partial charge < -0.3 is 15.3 Å². The second kappa shape index (κ2) is 24.1. The van der Waals surface area contributed by atoms with Gasteiger partial charge in [-0.15, -0.1) is 0 Å². The molecule has 0 amide bonds. The molecule has 12 aromatic carbocycles. The number of rotatable bonds is 5. The largest absolute Gasteiger partial charge is 2.00 e. The summed E-state index contributed by atoms with van der Waals surface area (Å²) in [6, 6.07) is 83.6. The van der Waals surface area contributed by atoms with Crippen LogP contribution < -0.4 is 30.3 Å². The fourth-order valence-electron chi connectivity index (χ4n) is 14.4. The van der Waals surface area contributed by atoms with Gasteiger partial charge in [0.2, 0.25) is 16.6 Å². The van der Waals surface area contributed by atoms with Crippen molar-refractivity contribution < 1.29 is 30.3 Å². The maximum atomic E-state index is 13.3. The van der Waals surface area contributed by atoms with Gasteiger partial charge in [0.1, 0.15) is 14.1 Å². The first-order valence-electron chi connectivity index (χ1n) is 30.8. The number of hydrogen-bond acceptors (Lipinski definition) is 6. The molecular weight excluding hydrogens is 1200 g/mol. The number of aromatic nitrogens is 3. The van der Waals surface area contributed by atoms with Crippen molar-refractivity contribution in [1.29, 1.82) is 0 Å². The van der Waals surface area contributed by atoms with E-state index in [0.29, 0.717) is 0 Å². The molecule has 0 atom stereocenters. The van der Waals surface area contributed by atoms with Crippen LogP contribution in [-0.2, 0) is 16.2 Å². The van der Waals surface area contributed by atoms with Gasteiger partial charge in [-0.1, -0.05) is 269 Å². The van der Waals surface area contributed by atoms with E-state index >= 15 is 0 Å². The summed E-state index contributed by atoms with van der Waals surface area (Å²) in [5.74, 6) is 0.216. The maximum Gasteiger partial charge on any atom is 2.00 e. The molecule has 440 valence electrons. The Labute approximate surface area is 570 Å². The summed E-state index contributed by atoms with van der Waals surface area (Å²) in [5, 5.41) is 44.6. The first-order valence-corrected chi connectivity index (χ1v) is 33.3. The number of hydrogen-bond donors (Lipinski definition) is 0. The van der Waals surface area contributed by atoms with Crippen molar-refractivity contribution in [2.45, 2.75) is 57.8 Å². The van der Waals surface area contributed by atoms with Crippen LogP contribution in [-0.4, -0.2) is 30.4 Å². The van der Waals surface area contributed by atoms with Crippen LogP contribution in [0.15, 0.2) is 243 Å². The number of H-pyrrole nitrogens is 3. The van der Waals surface area contributed by atoms with E-state index in [1.165, 1.54) is 83.1 Å². The number of aromatic amines is 3. The fraction of sp³-hybridized carbons (Fsp3) is 0.110. The Morgan fingerprint density at radius 3 is 1.19 bits per heavy atom. The predicted octanol–water partition coefficient (Wildman–Crippen LogP) is 17.6. The molecule has 0 saturated carbocycles. The number of benzene rings is 12. The summed E-state index contributed by atoms with van der Waals surface area (Å²) in [6.07, 6.45) is 0. The minimum Gasteiger partial charge on any atom is -0.872 e. The van der Waals surface area contributed by atoms with Gasteiger partial charge in [0, 0.05) is 34.4 Å². The molecule has 15 aromatic rings. The summed E-state index contributed by atoms with van der Waals surface area (Å²) in [5.41, 5.74) is 24.2. The van der Waals surface area contributed by atoms with Crippen LogP contribution in [0.5, 0.6) is 17.2 Å². The van der Waals surface area contributed by atoms with Crippen LogP contribution in [0, 0.1) is 0 Å². The van der Waals surface area contributed by atoms with Gasteiger partial charge in [-0.05, 0) is 148 Å². The third kappa shape index (κ3) is 10.4. The quantitative estimate of drug-likeness (QED) is 0.160. The molecule has 6 nitrogen and oxygen atoms in total. The topological polar surface area (TPSA) is 112 Å². The van der Waals surface area contributed by atoms with Gasteiger partial charge in [0.15, 0.2) is 0 Å². The molecule has 18 rings (SSSR count). The molecule has 3 heterocycles. The van der Waals surface area contributed by atoms with E-state index in [4.69, 9.17) is 0 Å². The summed E-state index contributed by atoms with van der Waals surface area (Å²) in [7, 11) is 0. The molecular formula is C82H61Be3N3O3S3+6. The number of nitrogens with one attached hydrogen (secondary N) is 3. The van der Waals surface area contributed by atoms with E-state index in [1.807, 2.05) is 48.5 Å². The molecule has 0 spiro atoms. The van der Waals surface area contributed by atoms with Crippen LogP contribution >= 0.6 is 34.0 Å². The second-order valence-electron chi connectivity index (χ2n) is 25.7. The monoisotopic (exact) mass is 1260 g/mol. The van der Waals surface area contributed by atoms with E-state index < -0.39 is 0 Å². The SMILES string of the molecule is CC1(C)c2ccccc2-c2cc(-c3[nH+]c4ccccc4s3)c([O-])cc21.CC1(C)c2ccccc2-c2cc([O-])c(-c3[nH+]c4ccc(-c5cccc6ccccc56)cc4s3)cc21.CC1(C)c2ccccc2-c2cc([O-])c(-c3[nH+]c4ccc(-c5ccccc5)cc4s3)cc21.[Be+2].[Be+2].[Be+2]. The first kappa shape index (κ1) is 63.2. The van der Waals surface area contributed by atoms with Gasteiger partial charge in [-0.2, -0.15) is 15.0 Å². The van der Waals surface area contributed by atoms with Crippen molar-refractivity contribution in [3.8, 4) is 105 Å². The molecule has 94 heavy (non-hydrogen) atoms. The number of thiazole rings is 3. The van der Waals surface area contributed by atoms with E-state index in [9.17, 15) is 15.3 Å². The Balaban J connectivity index is 0.000000128. The molecule has 12 heteroatoms. The van der Waals surface area contributed by atoms with Crippen LogP contribution in [0.3, 0.4) is 0 Å². The number of fused-ring (bicyclic) bond motifs is 13. The van der Waals surface area contributed by atoms with Gasteiger partial charge in [0.25, 0.3) is 15.0 Å². The zero-order valence-corrected chi connectivity index (χ0v) is 55.6. The fourth-order valence-corrected chi connectivity index (χ4v) is 17.5. The van der Waals surface area contributed by atoms with E-state index in [0.717, 1.165) is 79.1 Å². The predicted molar refractivity (Wildman–Crippen MR) is 388 cm³/mol. The van der Waals surface area contributed by atoms with Gasteiger partial charge >= 0.3 is 30.4 Å². The zero-order chi connectivity index (χ0) is 62.1. The maximum absolute atomic E-state index is 13.3. The third-order valence-electron chi connectivity index (χ3n) is 19.2. The molecule has 0 radical (unpaired) electrons. The molecule has 3 aromatic heterocycles. The van der Waals surface area contributed by atoms with Crippen LogP contribution in [0.2, 0.25) is 0 Å². The third-order valence-corrected chi connectivity index (χ3v) is 22.5. The van der Waals surface area contributed by atoms with Crippen molar-refractivity contribution in [3.05, 3.63) is 276 Å². The molecule has 3 aliphatic carbocycles. The molecule has 0 aliphatic heterocycles. The second-order valence-corrected chi connectivity index (χ2v) is 28.8. The van der Waals surface area contributed by atoms with E-state index in [-0.39, 0.29) is 63.9 Å². The van der Waals surface area contributed by atoms with Crippen LogP contribution in [0.1, 0.15) is 74.9 Å². The minimum atomic E-state index is -0.132. The molecule has 0 saturated heterocycles. The molecule has 3 N–H and O–H groups in total. The minimum absolute atomic E-state index is 0. The molecule has 0 unspecified atom stereocenters. The van der Waals surface area contributed by atoms with Crippen LogP contribution in [0.25, 0.3) is 129 Å². The number of para-hydroxylation sites is 1. The Kier molecular flexibility index (Phi) is 16.2. The Morgan fingerprint density at radius 1 is 0.266 bits per heavy atom. The van der Waals surface area contributed by atoms with Crippen molar-refractivity contribution in [2.24, 2.45) is 0 Å². The van der Waals surface area contributed by atoms with Crippen molar-refractivity contribution >= 4 is 106 Å². The van der Waals surface area contributed by atoms with Gasteiger partial charge in [-0.25, -0.2) is 0 Å². The summed E-state index contributed by atoms with van der Waals surface area (Å²) >= 11 is 4.94. The van der Waals surface area contributed by atoms with Crippen molar-refractivity contribution in [3.63, 3.8) is 0 Å². The Bertz CT molecular complexity index is 5440. The first-order chi connectivity index (χ1) is 44.1. The van der Waals surface area contributed by atoms with Gasteiger partial charge in [0.05, 0.1) is 16.7 Å². The van der Waals surface area contributed by atoms with Crippen molar-refractivity contribution in [2.75, 3.05) is 0 Å². The average Bonchev–Trinajstić information content (AvgIpc) is 1.59. The van der Waals surface area contributed by atoms with Gasteiger partial charge in [-0.3, -0.25) is 0 Å². The molecule has 3 aliphatic rings. The Morgan fingerprint density at radius 2 is 0.649 bits per heavy atom. The normalized spacial score (nSPS) is 13.6.